The molecule has 0 aliphatic carbocycles. The summed E-state index contributed by atoms with van der Waals surface area (Å²) in [6.45, 7) is 5.23. The molecule has 0 aliphatic heterocycles. The van der Waals surface area contributed by atoms with Crippen LogP contribution in [-0.4, -0.2) is 24.7 Å². The smallest absolute Gasteiger partial charge is 0.426 e. The molecule has 2 N–H and O–H groups in total. The Hall–Kier alpha value is -2.24. The molecule has 2 amide bonds. The largest absolute Gasteiger partial charge is 0.497 e. The molecule has 0 atom stereocenters. The zero-order valence-electron chi connectivity index (χ0n) is 12.1. The summed E-state index contributed by atoms with van der Waals surface area (Å²) in [6, 6.07) is 7.10. The van der Waals surface area contributed by atoms with Gasteiger partial charge in [0.25, 0.3) is 0 Å². The standard InChI is InChI=1S/C14H20N2O4/c1-14(2,3)20-13(18)16-15-12(17)9-10-5-7-11(19-4)8-6-10/h5-8H,9H2,1-4H3,(H,15,17)(H,16,18). The van der Waals surface area contributed by atoms with Gasteiger partial charge in [0.2, 0.25) is 5.91 Å². The summed E-state index contributed by atoms with van der Waals surface area (Å²) in [4.78, 5) is 23.0. The number of hydrogen-bond acceptors (Lipinski definition) is 4. The molecule has 1 rings (SSSR count). The van der Waals surface area contributed by atoms with Gasteiger partial charge in [0.15, 0.2) is 0 Å². The number of carbonyl (C=O) groups is 2. The van der Waals surface area contributed by atoms with Gasteiger partial charge in [-0.1, -0.05) is 12.1 Å². The maximum absolute atomic E-state index is 11.6. The van der Waals surface area contributed by atoms with Crippen LogP contribution in [0.5, 0.6) is 5.75 Å². The molecule has 0 heterocycles. The van der Waals surface area contributed by atoms with Crippen LogP contribution in [0.15, 0.2) is 24.3 Å². The van der Waals surface area contributed by atoms with Gasteiger partial charge in [-0.2, -0.15) is 0 Å². The van der Waals surface area contributed by atoms with Crippen molar-refractivity contribution in [2.75, 3.05) is 7.11 Å². The SMILES string of the molecule is COc1ccc(CC(=O)NNC(=O)OC(C)(C)C)cc1. The number of ether oxygens (including phenoxy) is 2. The number of methoxy groups -OCH3 is 1. The molecule has 0 fully saturated rings. The van der Waals surface area contributed by atoms with Crippen molar-refractivity contribution in [1.29, 1.82) is 0 Å². The van der Waals surface area contributed by atoms with Crippen molar-refractivity contribution in [3.8, 4) is 5.75 Å². The summed E-state index contributed by atoms with van der Waals surface area (Å²) in [7, 11) is 1.58. The van der Waals surface area contributed by atoms with E-state index in [0.717, 1.165) is 11.3 Å². The molecule has 110 valence electrons. The Balaban J connectivity index is 2.38. The molecule has 0 radical (unpaired) electrons. The summed E-state index contributed by atoms with van der Waals surface area (Å²) in [5, 5.41) is 0. The molecule has 6 heteroatoms. The van der Waals surface area contributed by atoms with E-state index in [1.54, 1.807) is 52.1 Å². The lowest BCUT2D eigenvalue weighted by atomic mass is 10.1. The van der Waals surface area contributed by atoms with E-state index in [-0.39, 0.29) is 12.3 Å². The average molecular weight is 280 g/mol. The Labute approximate surface area is 118 Å². The number of amides is 2. The molecule has 0 saturated carbocycles. The van der Waals surface area contributed by atoms with Crippen molar-refractivity contribution in [2.24, 2.45) is 0 Å². The second-order valence-electron chi connectivity index (χ2n) is 5.20. The van der Waals surface area contributed by atoms with Gasteiger partial charge in [0.05, 0.1) is 13.5 Å². The summed E-state index contributed by atoms with van der Waals surface area (Å²) in [6.07, 6.45) is -0.541. The molecule has 1 aromatic carbocycles. The van der Waals surface area contributed by atoms with Crippen LogP contribution in [0, 0.1) is 0 Å². The molecule has 0 aliphatic rings. The quantitative estimate of drug-likeness (QED) is 0.828. The van der Waals surface area contributed by atoms with Gasteiger partial charge < -0.3 is 9.47 Å². The van der Waals surface area contributed by atoms with Crippen LogP contribution in [0.2, 0.25) is 0 Å². The van der Waals surface area contributed by atoms with Gasteiger partial charge in [-0.05, 0) is 38.5 Å². The highest BCUT2D eigenvalue weighted by Gasteiger charge is 2.16. The van der Waals surface area contributed by atoms with E-state index in [0.29, 0.717) is 0 Å². The van der Waals surface area contributed by atoms with E-state index in [4.69, 9.17) is 9.47 Å². The van der Waals surface area contributed by atoms with Gasteiger partial charge in [-0.3, -0.25) is 10.2 Å². The minimum absolute atomic E-state index is 0.153. The lowest BCUT2D eigenvalue weighted by Gasteiger charge is -2.19. The Bertz CT molecular complexity index is 463. The first-order chi connectivity index (χ1) is 9.30. The van der Waals surface area contributed by atoms with Crippen molar-refractivity contribution in [2.45, 2.75) is 32.8 Å². The van der Waals surface area contributed by atoms with Gasteiger partial charge in [0.1, 0.15) is 11.4 Å². The number of hydrazine groups is 1. The first kappa shape index (κ1) is 15.8. The number of carbonyl (C=O) groups excluding carboxylic acids is 2. The summed E-state index contributed by atoms with van der Waals surface area (Å²) < 4.78 is 10.0. The Morgan fingerprint density at radius 1 is 1.10 bits per heavy atom. The first-order valence-electron chi connectivity index (χ1n) is 6.21. The highest BCUT2D eigenvalue weighted by Crippen LogP contribution is 2.11. The predicted molar refractivity (Wildman–Crippen MR) is 74.2 cm³/mol. The molecule has 0 aromatic heterocycles. The highest BCUT2D eigenvalue weighted by molar-refractivity contribution is 5.81. The summed E-state index contributed by atoms with van der Waals surface area (Å²) >= 11 is 0. The maximum atomic E-state index is 11.6. The summed E-state index contributed by atoms with van der Waals surface area (Å²) in [5.74, 6) is 0.391. The fourth-order valence-corrected chi connectivity index (χ4v) is 1.40. The van der Waals surface area contributed by atoms with E-state index < -0.39 is 11.7 Å². The van der Waals surface area contributed by atoms with Crippen LogP contribution >= 0.6 is 0 Å². The fourth-order valence-electron chi connectivity index (χ4n) is 1.40. The van der Waals surface area contributed by atoms with Crippen LogP contribution in [0.3, 0.4) is 0 Å². The minimum Gasteiger partial charge on any atom is -0.497 e. The Kier molecular flexibility index (Phi) is 5.37. The molecule has 0 saturated heterocycles. The third-order valence-corrected chi connectivity index (χ3v) is 2.23. The highest BCUT2D eigenvalue weighted by atomic mass is 16.6. The number of nitrogens with one attached hydrogen (secondary N) is 2. The maximum Gasteiger partial charge on any atom is 0.426 e. The van der Waals surface area contributed by atoms with Crippen molar-refractivity contribution < 1.29 is 19.1 Å². The van der Waals surface area contributed by atoms with Crippen LogP contribution < -0.4 is 15.6 Å². The lowest BCUT2D eigenvalue weighted by Crippen LogP contribution is -2.44. The zero-order chi connectivity index (χ0) is 15.2. The zero-order valence-corrected chi connectivity index (χ0v) is 12.1. The van der Waals surface area contributed by atoms with Crippen molar-refractivity contribution in [3.63, 3.8) is 0 Å². The molecule has 1 aromatic rings. The molecule has 6 nitrogen and oxygen atoms in total. The third-order valence-electron chi connectivity index (χ3n) is 2.23. The number of benzene rings is 1. The monoisotopic (exact) mass is 280 g/mol. The van der Waals surface area contributed by atoms with Crippen LogP contribution in [0.1, 0.15) is 26.3 Å². The van der Waals surface area contributed by atoms with Crippen LogP contribution in [0.4, 0.5) is 4.79 Å². The van der Waals surface area contributed by atoms with E-state index in [2.05, 4.69) is 10.9 Å². The van der Waals surface area contributed by atoms with Gasteiger partial charge in [-0.15, -0.1) is 0 Å². The van der Waals surface area contributed by atoms with Crippen LogP contribution in [-0.2, 0) is 16.0 Å². The van der Waals surface area contributed by atoms with E-state index in [9.17, 15) is 9.59 Å². The Morgan fingerprint density at radius 3 is 2.20 bits per heavy atom. The van der Waals surface area contributed by atoms with Gasteiger partial charge >= 0.3 is 6.09 Å². The van der Waals surface area contributed by atoms with Gasteiger partial charge in [-0.25, -0.2) is 10.2 Å². The summed E-state index contributed by atoms with van der Waals surface area (Å²) in [5.41, 5.74) is 4.69. The third kappa shape index (κ3) is 6.08. The van der Waals surface area contributed by atoms with Gasteiger partial charge in [0, 0.05) is 0 Å². The van der Waals surface area contributed by atoms with E-state index >= 15 is 0 Å². The second kappa shape index (κ2) is 6.79. The first-order valence-corrected chi connectivity index (χ1v) is 6.21. The second-order valence-corrected chi connectivity index (χ2v) is 5.20. The molecule has 0 bridgehead atoms. The normalized spacial score (nSPS) is 10.6. The molecule has 0 unspecified atom stereocenters. The topological polar surface area (TPSA) is 76.7 Å². The van der Waals surface area contributed by atoms with Crippen LogP contribution in [0.25, 0.3) is 0 Å². The van der Waals surface area contributed by atoms with E-state index in [1.807, 2.05) is 0 Å². The fraction of sp³-hybridized carbons (Fsp3) is 0.429. The van der Waals surface area contributed by atoms with Crippen molar-refractivity contribution >= 4 is 12.0 Å². The molecular formula is C14H20N2O4. The Morgan fingerprint density at radius 2 is 1.70 bits per heavy atom. The average Bonchev–Trinajstić information content (AvgIpc) is 2.35. The number of rotatable bonds is 3. The molecule has 20 heavy (non-hydrogen) atoms. The number of hydrogen-bond donors (Lipinski definition) is 2. The van der Waals surface area contributed by atoms with Crippen molar-refractivity contribution in [1.82, 2.24) is 10.9 Å². The van der Waals surface area contributed by atoms with Crippen molar-refractivity contribution in [3.05, 3.63) is 29.8 Å². The minimum atomic E-state index is -0.694. The predicted octanol–water partition coefficient (Wildman–Crippen LogP) is 1.79. The van der Waals surface area contributed by atoms with E-state index in [1.165, 1.54) is 0 Å². The lowest BCUT2D eigenvalue weighted by molar-refractivity contribution is -0.121. The molecular weight excluding hydrogens is 260 g/mol. The molecule has 0 spiro atoms.